The first-order valence-electron chi connectivity index (χ1n) is 5.01. The summed E-state index contributed by atoms with van der Waals surface area (Å²) in [6.07, 6.45) is 5.98. The van der Waals surface area contributed by atoms with Crippen molar-refractivity contribution in [3.8, 4) is 0 Å². The molecule has 1 fully saturated rings. The highest BCUT2D eigenvalue weighted by molar-refractivity contribution is 7.09. The summed E-state index contributed by atoms with van der Waals surface area (Å²) in [4.78, 5) is 19.7. The lowest BCUT2D eigenvalue weighted by atomic mass is 10.3. The topological polar surface area (TPSA) is 90.5 Å². The monoisotopic (exact) mass is 239 g/mol. The summed E-state index contributed by atoms with van der Waals surface area (Å²) in [5.74, 6) is 0.176. The fourth-order valence-corrected chi connectivity index (χ4v) is 1.99. The molecule has 0 spiro atoms. The maximum absolute atomic E-state index is 10.7. The van der Waals surface area contributed by atoms with Crippen LogP contribution in [0.3, 0.4) is 0 Å². The molecule has 0 atom stereocenters. The summed E-state index contributed by atoms with van der Waals surface area (Å²) >= 11 is 1.01. The minimum atomic E-state index is -0.0279. The molecule has 0 saturated heterocycles. The van der Waals surface area contributed by atoms with Crippen molar-refractivity contribution in [2.75, 3.05) is 5.73 Å². The molecule has 0 bridgehead atoms. The highest BCUT2D eigenvalue weighted by atomic mass is 32.1. The van der Waals surface area contributed by atoms with E-state index in [0.717, 1.165) is 37.2 Å². The van der Waals surface area contributed by atoms with E-state index < -0.39 is 0 Å². The number of oxime groups is 1. The summed E-state index contributed by atoms with van der Waals surface area (Å²) in [5.41, 5.74) is 5.38. The first kappa shape index (κ1) is 11.0. The van der Waals surface area contributed by atoms with Crippen molar-refractivity contribution < 1.29 is 9.63 Å². The van der Waals surface area contributed by atoms with Crippen LogP contribution < -0.4 is 5.73 Å². The average molecular weight is 239 g/mol. The summed E-state index contributed by atoms with van der Waals surface area (Å²) < 4.78 is 3.86. The highest BCUT2D eigenvalue weighted by Gasteiger charge is 2.17. The number of rotatable bonds is 4. The zero-order chi connectivity index (χ0) is 11.4. The molecule has 1 radical (unpaired) electrons. The maximum Gasteiger partial charge on any atom is 0.261 e. The van der Waals surface area contributed by atoms with Gasteiger partial charge in [0.25, 0.3) is 6.29 Å². The number of nitrogen functional groups attached to an aromatic ring is 1. The summed E-state index contributed by atoms with van der Waals surface area (Å²) in [7, 11) is 0. The molecule has 1 saturated carbocycles. The third-order valence-electron chi connectivity index (χ3n) is 2.35. The Bertz CT molecular complexity index is 398. The molecule has 1 aliphatic carbocycles. The number of anilines is 1. The molecule has 6 nitrogen and oxygen atoms in total. The molecule has 2 rings (SSSR count). The Labute approximate surface area is 96.7 Å². The predicted molar refractivity (Wildman–Crippen MR) is 59.9 cm³/mol. The van der Waals surface area contributed by atoms with Crippen LogP contribution in [0.5, 0.6) is 0 Å². The Morgan fingerprint density at radius 2 is 2.31 bits per heavy atom. The second kappa shape index (κ2) is 5.02. The molecule has 0 amide bonds. The van der Waals surface area contributed by atoms with Gasteiger partial charge in [-0.1, -0.05) is 5.16 Å². The summed E-state index contributed by atoms with van der Waals surface area (Å²) in [6.45, 7) is 0. The molecule has 1 aromatic rings. The lowest BCUT2D eigenvalue weighted by Gasteiger charge is -2.05. The zero-order valence-electron chi connectivity index (χ0n) is 8.55. The summed E-state index contributed by atoms with van der Waals surface area (Å²) in [6, 6.07) is 0. The van der Waals surface area contributed by atoms with Crippen molar-refractivity contribution in [2.24, 2.45) is 5.16 Å². The van der Waals surface area contributed by atoms with E-state index in [1.807, 2.05) is 0 Å². The molecule has 16 heavy (non-hydrogen) atoms. The van der Waals surface area contributed by atoms with Crippen molar-refractivity contribution in [3.05, 3.63) is 5.82 Å². The molecule has 2 N–H and O–H groups in total. The van der Waals surface area contributed by atoms with Crippen molar-refractivity contribution in [3.63, 3.8) is 0 Å². The van der Waals surface area contributed by atoms with Gasteiger partial charge in [0.05, 0.1) is 0 Å². The van der Waals surface area contributed by atoms with Crippen molar-refractivity contribution in [1.82, 2.24) is 9.36 Å². The molecule has 85 valence electrons. The van der Waals surface area contributed by atoms with Crippen LogP contribution in [0, 0.1) is 0 Å². The zero-order valence-corrected chi connectivity index (χ0v) is 9.37. The molecule has 1 aromatic heterocycles. The van der Waals surface area contributed by atoms with E-state index in [9.17, 15) is 4.79 Å². The van der Waals surface area contributed by atoms with Gasteiger partial charge in [0.1, 0.15) is 6.10 Å². The van der Waals surface area contributed by atoms with Gasteiger partial charge in [-0.3, -0.25) is 4.79 Å². The normalized spacial score (nSPS) is 17.6. The Morgan fingerprint density at radius 1 is 1.56 bits per heavy atom. The summed E-state index contributed by atoms with van der Waals surface area (Å²) in [5, 5.41) is 4.02. The van der Waals surface area contributed by atoms with Crippen LogP contribution in [0.2, 0.25) is 0 Å². The molecule has 1 heterocycles. The quantitative estimate of drug-likeness (QED) is 0.622. The van der Waals surface area contributed by atoms with E-state index in [-0.39, 0.29) is 17.6 Å². The standard InChI is InChI=1S/C9H11N4O2S/c10-9-11-8(13-16-9)7(5-14)12-15-6-3-1-2-4-6/h6H,1-4H2,(H2,10,11,13)/b12-7+. The number of nitrogens with zero attached hydrogens (tertiary/aromatic N) is 3. The minimum absolute atomic E-state index is 0.0279. The van der Waals surface area contributed by atoms with Crippen molar-refractivity contribution in [1.29, 1.82) is 0 Å². The fraction of sp³-hybridized carbons (Fsp3) is 0.556. The molecule has 1 aliphatic rings. The van der Waals surface area contributed by atoms with Crippen LogP contribution in [0.1, 0.15) is 31.5 Å². The van der Waals surface area contributed by atoms with Gasteiger partial charge in [0, 0.05) is 11.5 Å². The van der Waals surface area contributed by atoms with Gasteiger partial charge in [-0.15, -0.1) is 0 Å². The minimum Gasteiger partial charge on any atom is -0.392 e. The van der Waals surface area contributed by atoms with Crippen LogP contribution in [0.25, 0.3) is 0 Å². The van der Waals surface area contributed by atoms with Crippen LogP contribution in [0.4, 0.5) is 5.13 Å². The first-order chi connectivity index (χ1) is 7.79. The Morgan fingerprint density at radius 3 is 2.88 bits per heavy atom. The SMILES string of the molecule is Nc1nc(/C([C]=O)=N/OC2CCCC2)ns1. The fourth-order valence-electron chi connectivity index (χ4n) is 1.56. The van der Waals surface area contributed by atoms with Gasteiger partial charge in [-0.25, -0.2) is 0 Å². The molecule has 0 unspecified atom stereocenters. The smallest absolute Gasteiger partial charge is 0.261 e. The highest BCUT2D eigenvalue weighted by Crippen LogP contribution is 2.21. The average Bonchev–Trinajstić information content (AvgIpc) is 2.91. The number of hydrogen-bond acceptors (Lipinski definition) is 7. The largest absolute Gasteiger partial charge is 0.392 e. The van der Waals surface area contributed by atoms with Crippen LogP contribution >= 0.6 is 11.5 Å². The van der Waals surface area contributed by atoms with E-state index in [1.165, 1.54) is 0 Å². The van der Waals surface area contributed by atoms with Crippen LogP contribution in [0.15, 0.2) is 5.16 Å². The number of carbonyl (C=O) groups excluding carboxylic acids is 1. The third kappa shape index (κ3) is 2.54. The predicted octanol–water partition coefficient (Wildman–Crippen LogP) is 0.893. The van der Waals surface area contributed by atoms with E-state index in [1.54, 1.807) is 6.29 Å². The Kier molecular flexibility index (Phi) is 3.45. The molecule has 0 aromatic carbocycles. The Balaban J connectivity index is 2.03. The van der Waals surface area contributed by atoms with E-state index in [2.05, 4.69) is 14.5 Å². The number of hydrogen-bond donors (Lipinski definition) is 1. The number of aromatic nitrogens is 2. The second-order valence-electron chi connectivity index (χ2n) is 3.51. The lowest BCUT2D eigenvalue weighted by molar-refractivity contribution is 0.0649. The molecular formula is C9H11N4O2S. The second-order valence-corrected chi connectivity index (χ2v) is 4.29. The van der Waals surface area contributed by atoms with Crippen LogP contribution in [-0.4, -0.2) is 27.5 Å². The first-order valence-corrected chi connectivity index (χ1v) is 5.78. The third-order valence-corrected chi connectivity index (χ3v) is 2.89. The van der Waals surface area contributed by atoms with Crippen LogP contribution in [-0.2, 0) is 9.63 Å². The van der Waals surface area contributed by atoms with Crippen molar-refractivity contribution in [2.45, 2.75) is 31.8 Å². The number of nitrogens with two attached hydrogens (primary N) is 1. The van der Waals surface area contributed by atoms with Gasteiger partial charge >= 0.3 is 0 Å². The molecular weight excluding hydrogens is 228 g/mol. The van der Waals surface area contributed by atoms with Crippen molar-refractivity contribution >= 4 is 28.7 Å². The van der Waals surface area contributed by atoms with Gasteiger partial charge in [0.15, 0.2) is 10.8 Å². The van der Waals surface area contributed by atoms with E-state index >= 15 is 0 Å². The van der Waals surface area contributed by atoms with Gasteiger partial charge in [0.2, 0.25) is 5.82 Å². The van der Waals surface area contributed by atoms with E-state index in [4.69, 9.17) is 10.6 Å². The van der Waals surface area contributed by atoms with E-state index in [0.29, 0.717) is 5.13 Å². The maximum atomic E-state index is 10.7. The van der Waals surface area contributed by atoms with Gasteiger partial charge < -0.3 is 10.6 Å². The Hall–Kier alpha value is -1.50. The van der Waals surface area contributed by atoms with Gasteiger partial charge in [-0.2, -0.15) is 9.36 Å². The lowest BCUT2D eigenvalue weighted by Crippen LogP contribution is -2.10. The van der Waals surface area contributed by atoms with Gasteiger partial charge in [-0.05, 0) is 25.7 Å². The molecule has 0 aliphatic heterocycles. The molecule has 7 heteroatoms.